The maximum Gasteiger partial charge on any atom is 0.156 e. The van der Waals surface area contributed by atoms with E-state index in [1.807, 2.05) is 6.20 Å². The van der Waals surface area contributed by atoms with E-state index in [2.05, 4.69) is 73.0 Å². The van der Waals surface area contributed by atoms with Gasteiger partial charge in [0.15, 0.2) is 5.65 Å². The molecule has 1 aromatic carbocycles. The normalized spacial score (nSPS) is 18.0. The molecule has 0 bridgehead atoms. The Morgan fingerprint density at radius 2 is 2.12 bits per heavy atom. The van der Waals surface area contributed by atoms with Crippen LogP contribution >= 0.6 is 0 Å². The van der Waals surface area contributed by atoms with Crippen LogP contribution < -0.4 is 4.90 Å². The third kappa shape index (κ3) is 3.46. The lowest BCUT2D eigenvalue weighted by atomic mass is 9.89. The van der Waals surface area contributed by atoms with E-state index in [1.165, 1.54) is 17.7 Å². The number of aromatic nitrogens is 3. The number of hydrogen-bond donors (Lipinski definition) is 1. The van der Waals surface area contributed by atoms with Gasteiger partial charge in [-0.3, -0.25) is 0 Å². The minimum atomic E-state index is 0.221. The molecule has 136 valence electrons. The van der Waals surface area contributed by atoms with Crippen LogP contribution in [0.2, 0.25) is 0 Å². The van der Waals surface area contributed by atoms with Gasteiger partial charge in [-0.05, 0) is 41.9 Å². The summed E-state index contributed by atoms with van der Waals surface area (Å²) in [6, 6.07) is 8.72. The Kier molecular flexibility index (Phi) is 4.22. The van der Waals surface area contributed by atoms with Crippen molar-refractivity contribution in [1.82, 2.24) is 15.0 Å². The molecule has 1 saturated heterocycles. The maximum atomic E-state index is 4.96. The average Bonchev–Trinajstić information content (AvgIpc) is 3.20. The van der Waals surface area contributed by atoms with E-state index >= 15 is 0 Å². The van der Waals surface area contributed by atoms with Crippen LogP contribution in [0.5, 0.6) is 0 Å². The second-order valence-electron chi connectivity index (χ2n) is 8.89. The molecule has 2 aromatic heterocycles. The van der Waals surface area contributed by atoms with Gasteiger partial charge in [-0.1, -0.05) is 39.8 Å². The van der Waals surface area contributed by atoms with Crippen LogP contribution in [0, 0.1) is 11.3 Å². The largest absolute Gasteiger partial charge is 0.371 e. The van der Waals surface area contributed by atoms with Gasteiger partial charge < -0.3 is 9.88 Å². The number of nitrogens with zero attached hydrogens (tertiary/aromatic N) is 3. The van der Waals surface area contributed by atoms with E-state index in [0.29, 0.717) is 0 Å². The Morgan fingerprint density at radius 3 is 2.85 bits per heavy atom. The number of nitrogens with one attached hydrogen (secondary N) is 1. The molecule has 1 atom stereocenters. The quantitative estimate of drug-likeness (QED) is 0.719. The number of rotatable bonds is 3. The van der Waals surface area contributed by atoms with Gasteiger partial charge >= 0.3 is 0 Å². The third-order valence-corrected chi connectivity index (χ3v) is 5.11. The monoisotopic (exact) mass is 348 g/mol. The number of hydrogen-bond acceptors (Lipinski definition) is 3. The van der Waals surface area contributed by atoms with Gasteiger partial charge in [-0.2, -0.15) is 0 Å². The summed E-state index contributed by atoms with van der Waals surface area (Å²) in [7, 11) is 0. The molecule has 3 heterocycles. The first-order valence-electron chi connectivity index (χ1n) is 9.57. The summed E-state index contributed by atoms with van der Waals surface area (Å²) in [6.45, 7) is 11.4. The van der Waals surface area contributed by atoms with Crippen molar-refractivity contribution < 1.29 is 0 Å². The highest BCUT2D eigenvalue weighted by molar-refractivity contribution is 5.78. The van der Waals surface area contributed by atoms with Gasteiger partial charge in [0.05, 0.1) is 11.9 Å². The van der Waals surface area contributed by atoms with Gasteiger partial charge in [-0.15, -0.1) is 0 Å². The Morgan fingerprint density at radius 1 is 1.27 bits per heavy atom. The van der Waals surface area contributed by atoms with Crippen molar-refractivity contribution in [2.45, 2.75) is 40.5 Å². The zero-order valence-electron chi connectivity index (χ0n) is 16.2. The van der Waals surface area contributed by atoms with Crippen molar-refractivity contribution in [3.05, 3.63) is 42.2 Å². The first kappa shape index (κ1) is 17.1. The molecule has 1 aliphatic heterocycles. The molecule has 4 rings (SSSR count). The van der Waals surface area contributed by atoms with Crippen molar-refractivity contribution in [3.8, 4) is 11.3 Å². The fraction of sp³-hybridized carbons (Fsp3) is 0.455. The highest BCUT2D eigenvalue weighted by Gasteiger charge is 2.20. The van der Waals surface area contributed by atoms with Gasteiger partial charge in [-0.25, -0.2) is 9.97 Å². The van der Waals surface area contributed by atoms with Crippen molar-refractivity contribution in [3.63, 3.8) is 0 Å². The lowest BCUT2D eigenvalue weighted by Crippen LogP contribution is -2.18. The Bertz CT molecular complexity index is 919. The molecule has 4 nitrogen and oxygen atoms in total. The molecule has 0 aliphatic carbocycles. The first-order valence-corrected chi connectivity index (χ1v) is 9.57. The van der Waals surface area contributed by atoms with E-state index in [0.717, 1.165) is 47.8 Å². The van der Waals surface area contributed by atoms with E-state index in [1.54, 1.807) is 0 Å². The topological polar surface area (TPSA) is 44.8 Å². The Labute approximate surface area is 155 Å². The van der Waals surface area contributed by atoms with E-state index in [4.69, 9.17) is 4.98 Å². The first-order chi connectivity index (χ1) is 12.4. The molecule has 0 amide bonds. The molecule has 4 heteroatoms. The molecular formula is C22H28N4. The van der Waals surface area contributed by atoms with Gasteiger partial charge in [0.25, 0.3) is 0 Å². The van der Waals surface area contributed by atoms with Gasteiger partial charge in [0, 0.05) is 30.5 Å². The fourth-order valence-corrected chi connectivity index (χ4v) is 3.82. The van der Waals surface area contributed by atoms with Crippen LogP contribution in [0.25, 0.3) is 22.4 Å². The molecule has 0 spiro atoms. The molecular weight excluding hydrogens is 320 g/mol. The summed E-state index contributed by atoms with van der Waals surface area (Å²) in [6.07, 6.45) is 6.19. The molecule has 1 fully saturated rings. The van der Waals surface area contributed by atoms with E-state index in [-0.39, 0.29) is 5.41 Å². The van der Waals surface area contributed by atoms with Crippen LogP contribution in [0.4, 0.5) is 5.69 Å². The summed E-state index contributed by atoms with van der Waals surface area (Å²) in [5, 5.41) is 0. The van der Waals surface area contributed by atoms with E-state index < -0.39 is 0 Å². The molecule has 0 saturated carbocycles. The van der Waals surface area contributed by atoms with Crippen molar-refractivity contribution in [2.75, 3.05) is 18.0 Å². The molecule has 1 N–H and O–H groups in total. The van der Waals surface area contributed by atoms with Crippen LogP contribution in [0.15, 0.2) is 36.7 Å². The lowest BCUT2D eigenvalue weighted by molar-refractivity contribution is 0.412. The number of aromatic amines is 1. The second kappa shape index (κ2) is 6.42. The Balaban J connectivity index is 1.69. The minimum Gasteiger partial charge on any atom is -0.371 e. The zero-order valence-corrected chi connectivity index (χ0v) is 16.2. The molecule has 26 heavy (non-hydrogen) atoms. The van der Waals surface area contributed by atoms with Crippen molar-refractivity contribution >= 4 is 16.9 Å². The molecule has 1 unspecified atom stereocenters. The summed E-state index contributed by atoms with van der Waals surface area (Å²) in [5.41, 5.74) is 6.71. The van der Waals surface area contributed by atoms with Crippen molar-refractivity contribution in [1.29, 1.82) is 0 Å². The smallest absolute Gasteiger partial charge is 0.156 e. The third-order valence-electron chi connectivity index (χ3n) is 5.11. The van der Waals surface area contributed by atoms with Crippen LogP contribution in [-0.4, -0.2) is 28.0 Å². The predicted octanol–water partition coefficient (Wildman–Crippen LogP) is 5.06. The summed E-state index contributed by atoms with van der Waals surface area (Å²) >= 11 is 0. The van der Waals surface area contributed by atoms with Crippen LogP contribution in [-0.2, 0) is 6.42 Å². The van der Waals surface area contributed by atoms with Crippen LogP contribution in [0.1, 0.15) is 39.7 Å². The summed E-state index contributed by atoms with van der Waals surface area (Å²) in [4.78, 5) is 15.3. The zero-order chi connectivity index (χ0) is 18.3. The predicted molar refractivity (Wildman–Crippen MR) is 108 cm³/mol. The number of H-pyrrole nitrogens is 1. The van der Waals surface area contributed by atoms with Gasteiger partial charge in [0.2, 0.25) is 0 Å². The standard InChI is InChI=1S/C22H28N4/c1-15-8-9-26(14-15)18-7-5-6-16(10-18)19-13-24-21-20(25-19)17(12-23-21)11-22(2,3)4/h5-7,10,12-13,15H,8-9,11,14H2,1-4H3,(H,23,24). The molecule has 3 aromatic rings. The van der Waals surface area contributed by atoms with E-state index in [9.17, 15) is 0 Å². The highest BCUT2D eigenvalue weighted by Crippen LogP contribution is 2.29. The SMILES string of the molecule is CC1CCN(c2cccc(-c3cnc4[nH]cc(CC(C)(C)C)c4n3)c2)C1. The second-order valence-corrected chi connectivity index (χ2v) is 8.89. The van der Waals surface area contributed by atoms with Crippen LogP contribution in [0.3, 0.4) is 0 Å². The lowest BCUT2D eigenvalue weighted by Gasteiger charge is -2.19. The summed E-state index contributed by atoms with van der Waals surface area (Å²) in [5.74, 6) is 0.773. The number of fused-ring (bicyclic) bond motifs is 1. The maximum absolute atomic E-state index is 4.96. The highest BCUT2D eigenvalue weighted by atomic mass is 15.1. The number of anilines is 1. The molecule has 0 radical (unpaired) electrons. The fourth-order valence-electron chi connectivity index (χ4n) is 3.82. The Hall–Kier alpha value is -2.36. The minimum absolute atomic E-state index is 0.221. The van der Waals surface area contributed by atoms with Gasteiger partial charge in [0.1, 0.15) is 5.52 Å². The molecule has 1 aliphatic rings. The summed E-state index contributed by atoms with van der Waals surface area (Å²) < 4.78 is 0. The van der Waals surface area contributed by atoms with Crippen molar-refractivity contribution in [2.24, 2.45) is 11.3 Å². The average molecular weight is 348 g/mol. The number of benzene rings is 1.